The van der Waals surface area contributed by atoms with Crippen LogP contribution in [0.25, 0.3) is 10.9 Å². The number of hydrogen-bond donors (Lipinski definition) is 1. The number of carbonyl (C=O) groups is 2. The van der Waals surface area contributed by atoms with Crippen molar-refractivity contribution in [3.05, 3.63) is 54.2 Å². The van der Waals surface area contributed by atoms with E-state index in [9.17, 15) is 9.59 Å². The summed E-state index contributed by atoms with van der Waals surface area (Å²) in [6.45, 7) is 2.22. The number of rotatable bonds is 2. The van der Waals surface area contributed by atoms with Gasteiger partial charge >= 0.3 is 0 Å². The number of aromatic amines is 1. The molecule has 2 aromatic carbocycles. The molecular weight excluding hydrogens is 328 g/mol. The van der Waals surface area contributed by atoms with Crippen molar-refractivity contribution in [2.75, 3.05) is 23.4 Å². The lowest BCUT2D eigenvalue weighted by Gasteiger charge is -2.24. The fourth-order valence-corrected chi connectivity index (χ4v) is 3.51. The second kappa shape index (κ2) is 6.29. The third-order valence-electron chi connectivity index (χ3n) is 4.91. The molecule has 0 fully saturated rings. The molecule has 1 aliphatic rings. The predicted octanol–water partition coefficient (Wildman–Crippen LogP) is 2.75. The molecule has 1 unspecified atom stereocenters. The third kappa shape index (κ3) is 2.63. The summed E-state index contributed by atoms with van der Waals surface area (Å²) in [6.07, 6.45) is 0.208. The van der Waals surface area contributed by atoms with Gasteiger partial charge in [-0.05, 0) is 18.2 Å². The Bertz CT molecular complexity index is 994. The number of benzene rings is 2. The fourth-order valence-electron chi connectivity index (χ4n) is 3.51. The van der Waals surface area contributed by atoms with Gasteiger partial charge in [-0.25, -0.2) is 0 Å². The second-order valence-electron chi connectivity index (χ2n) is 6.69. The van der Waals surface area contributed by atoms with Crippen molar-refractivity contribution in [3.8, 4) is 0 Å². The highest BCUT2D eigenvalue weighted by molar-refractivity contribution is 6.06. The van der Waals surface area contributed by atoms with Crippen LogP contribution in [0.2, 0.25) is 0 Å². The van der Waals surface area contributed by atoms with Gasteiger partial charge in [0.1, 0.15) is 0 Å². The van der Waals surface area contributed by atoms with E-state index in [1.165, 1.54) is 0 Å². The standard InChI is InChI=1S/C20H20N4O2/c1-13-12-24(18-10-6-5-9-17(18)23(2)20(13)26)19(25)11-16-14-7-3-4-8-15(14)21-22-16/h3-10,13H,11-12H2,1-2H3,(H,21,22). The number of nitrogens with zero attached hydrogens (tertiary/aromatic N) is 3. The monoisotopic (exact) mass is 348 g/mol. The highest BCUT2D eigenvalue weighted by Crippen LogP contribution is 2.33. The van der Waals surface area contributed by atoms with Gasteiger partial charge in [0.15, 0.2) is 0 Å². The van der Waals surface area contributed by atoms with Crippen LogP contribution in [0, 0.1) is 5.92 Å². The van der Waals surface area contributed by atoms with E-state index < -0.39 is 0 Å². The van der Waals surface area contributed by atoms with Crippen LogP contribution in [-0.4, -0.2) is 35.6 Å². The lowest BCUT2D eigenvalue weighted by atomic mass is 10.1. The van der Waals surface area contributed by atoms with Crippen molar-refractivity contribution < 1.29 is 9.59 Å². The zero-order valence-electron chi connectivity index (χ0n) is 14.8. The number of carbonyl (C=O) groups excluding carboxylic acids is 2. The molecule has 0 spiro atoms. The van der Waals surface area contributed by atoms with Crippen molar-refractivity contribution in [2.45, 2.75) is 13.3 Å². The van der Waals surface area contributed by atoms with E-state index in [1.54, 1.807) is 16.8 Å². The molecular formula is C20H20N4O2. The number of amides is 2. The van der Waals surface area contributed by atoms with E-state index in [0.29, 0.717) is 6.54 Å². The molecule has 1 atom stereocenters. The first-order chi connectivity index (χ1) is 12.6. The summed E-state index contributed by atoms with van der Waals surface area (Å²) < 4.78 is 0. The number of hydrogen-bond acceptors (Lipinski definition) is 3. The van der Waals surface area contributed by atoms with E-state index in [0.717, 1.165) is 28.0 Å². The maximum absolute atomic E-state index is 13.1. The number of nitrogens with one attached hydrogen (secondary N) is 1. The summed E-state index contributed by atoms with van der Waals surface area (Å²) in [5.74, 6) is -0.309. The third-order valence-corrected chi connectivity index (χ3v) is 4.91. The number of para-hydroxylation sites is 3. The first-order valence-corrected chi connectivity index (χ1v) is 8.65. The van der Waals surface area contributed by atoms with Crippen LogP contribution >= 0.6 is 0 Å². The molecule has 6 nitrogen and oxygen atoms in total. The SMILES string of the molecule is CC1CN(C(=O)Cc2[nH]nc3ccccc23)c2ccccc2N(C)C1=O. The summed E-state index contributed by atoms with van der Waals surface area (Å²) >= 11 is 0. The minimum atomic E-state index is -0.269. The molecule has 132 valence electrons. The normalized spacial score (nSPS) is 17.3. The summed E-state index contributed by atoms with van der Waals surface area (Å²) in [7, 11) is 1.76. The number of fused-ring (bicyclic) bond motifs is 2. The average Bonchev–Trinajstić information content (AvgIpc) is 3.03. The first-order valence-electron chi connectivity index (χ1n) is 8.65. The molecule has 2 amide bonds. The van der Waals surface area contributed by atoms with Gasteiger partial charge in [0.05, 0.1) is 34.9 Å². The van der Waals surface area contributed by atoms with Crippen LogP contribution < -0.4 is 9.80 Å². The highest BCUT2D eigenvalue weighted by atomic mass is 16.2. The van der Waals surface area contributed by atoms with Crippen LogP contribution in [0.3, 0.4) is 0 Å². The van der Waals surface area contributed by atoms with Crippen molar-refractivity contribution in [3.63, 3.8) is 0 Å². The molecule has 0 aliphatic carbocycles. The molecule has 0 bridgehead atoms. The van der Waals surface area contributed by atoms with Crippen molar-refractivity contribution in [1.29, 1.82) is 0 Å². The summed E-state index contributed by atoms with van der Waals surface area (Å²) in [5, 5.41) is 8.19. The Hall–Kier alpha value is -3.15. The molecule has 0 saturated heterocycles. The second-order valence-corrected chi connectivity index (χ2v) is 6.69. The minimum Gasteiger partial charge on any atom is -0.313 e. The Balaban J connectivity index is 1.70. The van der Waals surface area contributed by atoms with Crippen molar-refractivity contribution in [2.24, 2.45) is 5.92 Å². The summed E-state index contributed by atoms with van der Waals surface area (Å²) in [5.41, 5.74) is 3.15. The Morgan fingerprint density at radius 1 is 1.15 bits per heavy atom. The molecule has 1 N–H and O–H groups in total. The van der Waals surface area contributed by atoms with Gasteiger partial charge in [0.25, 0.3) is 0 Å². The van der Waals surface area contributed by atoms with Gasteiger partial charge in [-0.15, -0.1) is 0 Å². The molecule has 3 aromatic rings. The van der Waals surface area contributed by atoms with E-state index >= 15 is 0 Å². The van der Waals surface area contributed by atoms with Crippen LogP contribution in [0.5, 0.6) is 0 Å². The topological polar surface area (TPSA) is 69.3 Å². The number of anilines is 2. The molecule has 0 saturated carbocycles. The quantitative estimate of drug-likeness (QED) is 0.774. The molecule has 4 rings (SSSR count). The minimum absolute atomic E-state index is 0.0136. The van der Waals surface area contributed by atoms with Gasteiger partial charge in [-0.2, -0.15) is 5.10 Å². The van der Waals surface area contributed by atoms with Crippen LogP contribution in [-0.2, 0) is 16.0 Å². The Kier molecular flexibility index (Phi) is 3.95. The van der Waals surface area contributed by atoms with Gasteiger partial charge in [-0.1, -0.05) is 37.3 Å². The first kappa shape index (κ1) is 16.3. The Morgan fingerprint density at radius 2 is 1.85 bits per heavy atom. The van der Waals surface area contributed by atoms with Crippen molar-refractivity contribution in [1.82, 2.24) is 10.2 Å². The van der Waals surface area contributed by atoms with Gasteiger partial charge < -0.3 is 9.80 Å². The smallest absolute Gasteiger partial charge is 0.233 e. The zero-order valence-corrected chi connectivity index (χ0v) is 14.8. The lowest BCUT2D eigenvalue weighted by molar-refractivity contribution is -0.121. The average molecular weight is 348 g/mol. The summed E-state index contributed by atoms with van der Waals surface area (Å²) in [6, 6.07) is 15.3. The van der Waals surface area contributed by atoms with Crippen molar-refractivity contribution >= 4 is 34.1 Å². The fraction of sp³-hybridized carbons (Fsp3) is 0.250. The van der Waals surface area contributed by atoms with E-state index in [-0.39, 0.29) is 24.2 Å². The van der Waals surface area contributed by atoms with Crippen LogP contribution in [0.1, 0.15) is 12.6 Å². The Labute approximate surface area is 151 Å². The zero-order chi connectivity index (χ0) is 18.3. The molecule has 2 heterocycles. The van der Waals surface area contributed by atoms with E-state index in [2.05, 4.69) is 10.2 Å². The van der Waals surface area contributed by atoms with Crippen LogP contribution in [0.4, 0.5) is 11.4 Å². The summed E-state index contributed by atoms with van der Waals surface area (Å²) in [4.78, 5) is 29.0. The highest BCUT2D eigenvalue weighted by Gasteiger charge is 2.32. The van der Waals surface area contributed by atoms with Gasteiger partial charge in [-0.3, -0.25) is 14.7 Å². The van der Waals surface area contributed by atoms with Crippen LogP contribution in [0.15, 0.2) is 48.5 Å². The molecule has 0 radical (unpaired) electrons. The molecule has 26 heavy (non-hydrogen) atoms. The molecule has 1 aromatic heterocycles. The predicted molar refractivity (Wildman–Crippen MR) is 101 cm³/mol. The number of H-pyrrole nitrogens is 1. The molecule has 6 heteroatoms. The van der Waals surface area contributed by atoms with E-state index in [1.807, 2.05) is 55.5 Å². The largest absolute Gasteiger partial charge is 0.313 e. The lowest BCUT2D eigenvalue weighted by Crippen LogP contribution is -2.38. The Morgan fingerprint density at radius 3 is 2.65 bits per heavy atom. The molecule has 1 aliphatic heterocycles. The van der Waals surface area contributed by atoms with Gasteiger partial charge in [0.2, 0.25) is 11.8 Å². The van der Waals surface area contributed by atoms with E-state index in [4.69, 9.17) is 0 Å². The maximum Gasteiger partial charge on any atom is 0.233 e. The number of aromatic nitrogens is 2. The van der Waals surface area contributed by atoms with Gasteiger partial charge in [0, 0.05) is 19.0 Å². The maximum atomic E-state index is 13.1.